The van der Waals surface area contributed by atoms with Crippen molar-refractivity contribution in [3.8, 4) is 0 Å². The normalized spacial score (nSPS) is 18.8. The number of sulfonamides is 1. The standard InChI is InChI=1S/C13H24N4O3S/c1-3-17-12(4-7-15-17)21(18,19)16-10-13(11-20-2)5-8-14-9-6-13/h4,7,14,16H,3,5-6,8-11H2,1-2H3. The first-order valence-electron chi connectivity index (χ1n) is 7.24. The van der Waals surface area contributed by atoms with Gasteiger partial charge in [-0.2, -0.15) is 5.10 Å². The molecule has 1 saturated heterocycles. The average molecular weight is 316 g/mol. The fraction of sp³-hybridized carbons (Fsp3) is 0.769. The van der Waals surface area contributed by atoms with E-state index < -0.39 is 10.0 Å². The van der Waals surface area contributed by atoms with Crippen LogP contribution < -0.4 is 10.0 Å². The molecular weight excluding hydrogens is 292 g/mol. The van der Waals surface area contributed by atoms with Gasteiger partial charge < -0.3 is 10.1 Å². The summed E-state index contributed by atoms with van der Waals surface area (Å²) in [7, 11) is -1.88. The SMILES string of the molecule is CCn1nccc1S(=O)(=O)NCC1(COC)CCNCC1. The molecule has 7 nitrogen and oxygen atoms in total. The van der Waals surface area contributed by atoms with E-state index in [-0.39, 0.29) is 10.4 Å². The highest BCUT2D eigenvalue weighted by molar-refractivity contribution is 7.89. The predicted octanol–water partition coefficient (Wildman–Crippen LogP) is 0.198. The third-order valence-electron chi connectivity index (χ3n) is 4.00. The lowest BCUT2D eigenvalue weighted by Crippen LogP contribution is -2.47. The maximum absolute atomic E-state index is 12.4. The summed E-state index contributed by atoms with van der Waals surface area (Å²) in [4.78, 5) is 0. The van der Waals surface area contributed by atoms with E-state index in [1.54, 1.807) is 7.11 Å². The molecular formula is C13H24N4O3S. The van der Waals surface area contributed by atoms with E-state index in [9.17, 15) is 8.42 Å². The number of aryl methyl sites for hydroxylation is 1. The second-order valence-electron chi connectivity index (χ2n) is 5.49. The monoisotopic (exact) mass is 316 g/mol. The van der Waals surface area contributed by atoms with E-state index in [0.29, 0.717) is 19.7 Å². The fourth-order valence-corrected chi connectivity index (χ4v) is 4.08. The van der Waals surface area contributed by atoms with Gasteiger partial charge in [-0.05, 0) is 38.9 Å². The molecule has 1 aromatic rings. The van der Waals surface area contributed by atoms with Crippen LogP contribution in [0.1, 0.15) is 19.8 Å². The second kappa shape index (κ2) is 6.87. The van der Waals surface area contributed by atoms with E-state index in [2.05, 4.69) is 15.1 Å². The number of nitrogens with one attached hydrogen (secondary N) is 2. The van der Waals surface area contributed by atoms with Crippen molar-refractivity contribution in [3.63, 3.8) is 0 Å². The van der Waals surface area contributed by atoms with Crippen molar-refractivity contribution in [2.75, 3.05) is 33.4 Å². The Kier molecular flexibility index (Phi) is 5.37. The topological polar surface area (TPSA) is 85.2 Å². The van der Waals surface area contributed by atoms with Crippen LogP contribution in [0.25, 0.3) is 0 Å². The number of hydrogen-bond acceptors (Lipinski definition) is 5. The lowest BCUT2D eigenvalue weighted by atomic mass is 9.80. The molecule has 2 heterocycles. The highest BCUT2D eigenvalue weighted by Crippen LogP contribution is 2.28. The van der Waals surface area contributed by atoms with Gasteiger partial charge in [0.1, 0.15) is 0 Å². The molecule has 0 atom stereocenters. The van der Waals surface area contributed by atoms with Crippen LogP contribution in [0, 0.1) is 5.41 Å². The highest BCUT2D eigenvalue weighted by atomic mass is 32.2. The molecule has 0 amide bonds. The third kappa shape index (κ3) is 3.82. The summed E-state index contributed by atoms with van der Waals surface area (Å²) >= 11 is 0. The number of nitrogens with zero attached hydrogens (tertiary/aromatic N) is 2. The van der Waals surface area contributed by atoms with Crippen LogP contribution in [0.3, 0.4) is 0 Å². The lowest BCUT2D eigenvalue weighted by Gasteiger charge is -2.37. The summed E-state index contributed by atoms with van der Waals surface area (Å²) in [5.74, 6) is 0. The highest BCUT2D eigenvalue weighted by Gasteiger charge is 2.34. The van der Waals surface area contributed by atoms with Crippen molar-refractivity contribution >= 4 is 10.0 Å². The molecule has 2 N–H and O–H groups in total. The van der Waals surface area contributed by atoms with Crippen molar-refractivity contribution < 1.29 is 13.2 Å². The smallest absolute Gasteiger partial charge is 0.257 e. The zero-order chi connectivity index (χ0) is 15.3. The summed E-state index contributed by atoms with van der Waals surface area (Å²) in [6.45, 7) is 5.11. The summed E-state index contributed by atoms with van der Waals surface area (Å²) in [6, 6.07) is 1.53. The average Bonchev–Trinajstić information content (AvgIpc) is 2.96. The quantitative estimate of drug-likeness (QED) is 0.750. The molecule has 8 heteroatoms. The molecule has 0 saturated carbocycles. The van der Waals surface area contributed by atoms with E-state index in [1.807, 2.05) is 6.92 Å². The van der Waals surface area contributed by atoms with Crippen LogP contribution in [0.5, 0.6) is 0 Å². The van der Waals surface area contributed by atoms with Gasteiger partial charge in [0.2, 0.25) is 0 Å². The molecule has 0 spiro atoms. The zero-order valence-corrected chi connectivity index (χ0v) is 13.4. The molecule has 1 aliphatic rings. The van der Waals surface area contributed by atoms with E-state index in [4.69, 9.17) is 4.74 Å². The first-order valence-corrected chi connectivity index (χ1v) is 8.72. The third-order valence-corrected chi connectivity index (χ3v) is 5.43. The molecule has 1 aromatic heterocycles. The van der Waals surface area contributed by atoms with Crippen molar-refractivity contribution in [1.29, 1.82) is 0 Å². The van der Waals surface area contributed by atoms with Gasteiger partial charge in [-0.25, -0.2) is 13.1 Å². The minimum atomic E-state index is -3.54. The van der Waals surface area contributed by atoms with E-state index in [0.717, 1.165) is 25.9 Å². The Morgan fingerprint density at radius 1 is 1.48 bits per heavy atom. The summed E-state index contributed by atoms with van der Waals surface area (Å²) in [6.07, 6.45) is 3.31. The number of piperidine rings is 1. The van der Waals surface area contributed by atoms with Gasteiger partial charge in [-0.3, -0.25) is 4.68 Å². The summed E-state index contributed by atoms with van der Waals surface area (Å²) < 4.78 is 34.4. The number of rotatable bonds is 7. The maximum Gasteiger partial charge on any atom is 0.257 e. The van der Waals surface area contributed by atoms with Gasteiger partial charge in [0.05, 0.1) is 12.8 Å². The van der Waals surface area contributed by atoms with Crippen molar-refractivity contribution in [2.24, 2.45) is 5.41 Å². The Morgan fingerprint density at radius 3 is 2.81 bits per heavy atom. The minimum Gasteiger partial charge on any atom is -0.384 e. The Morgan fingerprint density at radius 2 is 2.19 bits per heavy atom. The van der Waals surface area contributed by atoms with Crippen LogP contribution in [0.2, 0.25) is 0 Å². The van der Waals surface area contributed by atoms with Gasteiger partial charge >= 0.3 is 0 Å². The number of ether oxygens (including phenoxy) is 1. The van der Waals surface area contributed by atoms with Crippen molar-refractivity contribution in [1.82, 2.24) is 19.8 Å². The second-order valence-corrected chi connectivity index (χ2v) is 7.21. The summed E-state index contributed by atoms with van der Waals surface area (Å²) in [5.41, 5.74) is -0.135. The van der Waals surface area contributed by atoms with Crippen molar-refractivity contribution in [3.05, 3.63) is 12.3 Å². The van der Waals surface area contributed by atoms with Gasteiger partial charge in [-0.15, -0.1) is 0 Å². The Balaban J connectivity index is 2.09. The first-order chi connectivity index (χ1) is 10.0. The van der Waals surface area contributed by atoms with E-state index in [1.165, 1.54) is 16.9 Å². The van der Waals surface area contributed by atoms with Gasteiger partial charge in [0.15, 0.2) is 5.03 Å². The molecule has 0 aliphatic carbocycles. The zero-order valence-electron chi connectivity index (χ0n) is 12.6. The molecule has 0 bridgehead atoms. The Bertz CT molecular complexity index is 544. The Hall–Kier alpha value is -0.960. The molecule has 21 heavy (non-hydrogen) atoms. The molecule has 1 aliphatic heterocycles. The molecule has 120 valence electrons. The first kappa shape index (κ1) is 16.4. The number of hydrogen-bond donors (Lipinski definition) is 2. The largest absolute Gasteiger partial charge is 0.384 e. The van der Waals surface area contributed by atoms with Crippen LogP contribution in [-0.4, -0.2) is 51.5 Å². The number of methoxy groups -OCH3 is 1. The molecule has 0 aromatic carbocycles. The van der Waals surface area contributed by atoms with Crippen LogP contribution in [-0.2, 0) is 21.3 Å². The minimum absolute atomic E-state index is 0.135. The molecule has 1 fully saturated rings. The van der Waals surface area contributed by atoms with E-state index >= 15 is 0 Å². The lowest BCUT2D eigenvalue weighted by molar-refractivity contribution is 0.0577. The van der Waals surface area contributed by atoms with Crippen molar-refractivity contribution in [2.45, 2.75) is 31.3 Å². The molecule has 2 rings (SSSR count). The van der Waals surface area contributed by atoms with Gasteiger partial charge in [0, 0.05) is 25.6 Å². The number of aromatic nitrogens is 2. The molecule has 0 radical (unpaired) electrons. The molecule has 0 unspecified atom stereocenters. The summed E-state index contributed by atoms with van der Waals surface area (Å²) in [5, 5.41) is 7.52. The van der Waals surface area contributed by atoms with Crippen LogP contribution >= 0.6 is 0 Å². The van der Waals surface area contributed by atoms with Gasteiger partial charge in [0.25, 0.3) is 10.0 Å². The Labute approximate surface area is 126 Å². The van der Waals surface area contributed by atoms with Gasteiger partial charge in [-0.1, -0.05) is 0 Å². The maximum atomic E-state index is 12.4. The fourth-order valence-electron chi connectivity index (χ4n) is 2.74. The van der Waals surface area contributed by atoms with Crippen LogP contribution in [0.15, 0.2) is 17.3 Å². The van der Waals surface area contributed by atoms with Crippen LogP contribution in [0.4, 0.5) is 0 Å². The predicted molar refractivity (Wildman–Crippen MR) is 79.5 cm³/mol.